The number of nitrogens with one attached hydrogen (secondary N) is 2. The van der Waals surface area contributed by atoms with Crippen molar-refractivity contribution in [1.29, 1.82) is 0 Å². The van der Waals surface area contributed by atoms with Crippen molar-refractivity contribution in [3.8, 4) is 0 Å². The summed E-state index contributed by atoms with van der Waals surface area (Å²) >= 11 is 0. The number of carboxylic acid groups (broad SMARTS) is 4. The molecule has 0 unspecified atom stereocenters. The van der Waals surface area contributed by atoms with Crippen LogP contribution in [0, 0.1) is 0 Å². The van der Waals surface area contributed by atoms with Crippen LogP contribution in [-0.4, -0.2) is 98.5 Å². The predicted octanol–water partition coefficient (Wildman–Crippen LogP) is -2.96. The van der Waals surface area contributed by atoms with Gasteiger partial charge in [-0.15, -0.1) is 0 Å². The van der Waals surface area contributed by atoms with Gasteiger partial charge in [0.2, 0.25) is 6.41 Å². The van der Waals surface area contributed by atoms with Crippen LogP contribution in [0.1, 0.15) is 12.8 Å². The maximum absolute atomic E-state index is 11.8. The van der Waals surface area contributed by atoms with E-state index in [0.29, 0.717) is 6.41 Å². The minimum atomic E-state index is -2.45. The largest absolute Gasteiger partial charge is 0.481 e. The van der Waals surface area contributed by atoms with E-state index in [1.54, 1.807) is 0 Å². The fourth-order valence-electron chi connectivity index (χ4n) is 2.42. The molecule has 0 aromatic heterocycles. The van der Waals surface area contributed by atoms with Crippen molar-refractivity contribution in [2.45, 2.75) is 24.5 Å². The van der Waals surface area contributed by atoms with Gasteiger partial charge in [-0.1, -0.05) is 0 Å². The van der Waals surface area contributed by atoms with E-state index in [1.807, 2.05) is 0 Å². The standard InChI is InChI=1S/C13H20N4O9/c18-7-16-1-3-17(4-2-16)15-13(12(25)26,6-10(21)22)14-8(11(23)24)5-9(19)20/h7-8,14-15H,1-6H2,(H,19,20)(H,21,22)(H,23,24)(H,25,26)/t8-,13-/m0/s1. The number of nitrogens with zero attached hydrogens (tertiary/aromatic N) is 2. The Hall–Kier alpha value is -2.77. The summed E-state index contributed by atoms with van der Waals surface area (Å²) in [7, 11) is 0. The normalized spacial score (nSPS) is 18.5. The number of rotatable bonds is 11. The van der Waals surface area contributed by atoms with E-state index >= 15 is 0 Å². The summed E-state index contributed by atoms with van der Waals surface area (Å²) < 4.78 is 0. The lowest BCUT2D eigenvalue weighted by Crippen LogP contribution is -2.72. The zero-order chi connectivity index (χ0) is 19.9. The molecule has 0 saturated carbocycles. The highest BCUT2D eigenvalue weighted by atomic mass is 16.4. The van der Waals surface area contributed by atoms with Gasteiger partial charge in [-0.3, -0.25) is 24.5 Å². The molecule has 1 saturated heterocycles. The third-order valence-electron chi connectivity index (χ3n) is 3.69. The van der Waals surface area contributed by atoms with Gasteiger partial charge in [-0.05, 0) is 0 Å². The molecule has 0 spiro atoms. The van der Waals surface area contributed by atoms with Crippen molar-refractivity contribution in [1.82, 2.24) is 20.7 Å². The third kappa shape index (κ3) is 5.94. The number of hydrogen-bond acceptors (Lipinski definition) is 8. The maximum Gasteiger partial charge on any atom is 0.340 e. The van der Waals surface area contributed by atoms with Gasteiger partial charge < -0.3 is 25.3 Å². The van der Waals surface area contributed by atoms with Crippen LogP contribution in [-0.2, 0) is 24.0 Å². The Morgan fingerprint density at radius 1 is 1.00 bits per heavy atom. The Kier molecular flexibility index (Phi) is 7.42. The third-order valence-corrected chi connectivity index (χ3v) is 3.69. The number of hydrogen-bond donors (Lipinski definition) is 6. The van der Waals surface area contributed by atoms with Gasteiger partial charge in [0.05, 0.1) is 12.8 Å². The number of carbonyl (C=O) groups excluding carboxylic acids is 1. The summed E-state index contributed by atoms with van der Waals surface area (Å²) in [5.74, 6) is -6.40. The molecule has 0 aromatic rings. The highest BCUT2D eigenvalue weighted by Gasteiger charge is 2.46. The zero-order valence-corrected chi connectivity index (χ0v) is 13.6. The topological polar surface area (TPSA) is 197 Å². The van der Waals surface area contributed by atoms with Gasteiger partial charge in [-0.2, -0.15) is 0 Å². The number of piperazine rings is 1. The molecular weight excluding hydrogens is 356 g/mol. The van der Waals surface area contributed by atoms with Gasteiger partial charge in [0.15, 0.2) is 5.66 Å². The minimum Gasteiger partial charge on any atom is -0.481 e. The van der Waals surface area contributed by atoms with Crippen molar-refractivity contribution in [2.75, 3.05) is 26.2 Å². The Bertz CT molecular complexity index is 576. The molecule has 1 rings (SSSR count). The molecule has 1 heterocycles. The molecule has 0 radical (unpaired) electrons. The maximum atomic E-state index is 11.8. The van der Waals surface area contributed by atoms with E-state index in [0.717, 1.165) is 0 Å². The summed E-state index contributed by atoms with van der Waals surface area (Å²) in [5, 5.41) is 40.0. The summed E-state index contributed by atoms with van der Waals surface area (Å²) in [4.78, 5) is 57.1. The van der Waals surface area contributed by atoms with Crippen molar-refractivity contribution in [2.24, 2.45) is 0 Å². The van der Waals surface area contributed by atoms with Crippen LogP contribution in [0.25, 0.3) is 0 Å². The van der Waals surface area contributed by atoms with Crippen LogP contribution >= 0.6 is 0 Å². The number of hydrazine groups is 1. The molecule has 1 fully saturated rings. The van der Waals surface area contributed by atoms with Gasteiger partial charge in [0.1, 0.15) is 6.04 Å². The minimum absolute atomic E-state index is 0.158. The predicted molar refractivity (Wildman–Crippen MR) is 81.8 cm³/mol. The SMILES string of the molecule is O=CN1CCN(N[C@](CC(=O)O)(N[C@@H](CC(=O)O)C(=O)O)C(=O)O)CC1. The summed E-state index contributed by atoms with van der Waals surface area (Å²) in [5.41, 5.74) is -0.00423. The second-order valence-electron chi connectivity index (χ2n) is 5.65. The van der Waals surface area contributed by atoms with Gasteiger partial charge >= 0.3 is 23.9 Å². The summed E-state index contributed by atoms with van der Waals surface area (Å²) in [6, 6.07) is -1.84. The first kappa shape index (κ1) is 21.3. The van der Waals surface area contributed by atoms with Crippen molar-refractivity contribution < 1.29 is 44.4 Å². The lowest BCUT2D eigenvalue weighted by Gasteiger charge is -2.40. The van der Waals surface area contributed by atoms with Gasteiger partial charge in [0, 0.05) is 26.2 Å². The van der Waals surface area contributed by atoms with Crippen molar-refractivity contribution >= 4 is 30.3 Å². The number of carbonyl (C=O) groups is 5. The Morgan fingerprint density at radius 3 is 1.96 bits per heavy atom. The van der Waals surface area contributed by atoms with Crippen molar-refractivity contribution in [3.63, 3.8) is 0 Å². The second-order valence-corrected chi connectivity index (χ2v) is 5.65. The monoisotopic (exact) mass is 376 g/mol. The quantitative estimate of drug-likeness (QED) is 0.158. The molecule has 146 valence electrons. The molecule has 0 bridgehead atoms. The zero-order valence-electron chi connectivity index (χ0n) is 13.6. The molecule has 6 N–H and O–H groups in total. The Balaban J connectivity index is 3.06. The van der Waals surface area contributed by atoms with E-state index in [1.165, 1.54) is 9.91 Å². The van der Waals surface area contributed by atoms with Crippen LogP contribution in [0.15, 0.2) is 0 Å². The van der Waals surface area contributed by atoms with Crippen LogP contribution in [0.2, 0.25) is 0 Å². The number of aliphatic carboxylic acids is 4. The van der Waals surface area contributed by atoms with Crippen LogP contribution in [0.5, 0.6) is 0 Å². The Labute approximate surface area is 147 Å². The van der Waals surface area contributed by atoms with E-state index in [-0.39, 0.29) is 26.2 Å². The summed E-state index contributed by atoms with van der Waals surface area (Å²) in [6.07, 6.45) is -1.39. The summed E-state index contributed by atoms with van der Waals surface area (Å²) in [6.45, 7) is 0.811. The fraction of sp³-hybridized carbons (Fsp3) is 0.615. The molecule has 0 aliphatic carbocycles. The number of amides is 1. The lowest BCUT2D eigenvalue weighted by molar-refractivity contribution is -0.160. The van der Waals surface area contributed by atoms with Crippen LogP contribution < -0.4 is 10.7 Å². The molecular formula is C13H20N4O9. The van der Waals surface area contributed by atoms with Crippen molar-refractivity contribution in [3.05, 3.63) is 0 Å². The first-order valence-corrected chi connectivity index (χ1v) is 7.49. The smallest absolute Gasteiger partial charge is 0.340 e. The average molecular weight is 376 g/mol. The second kappa shape index (κ2) is 9.07. The highest BCUT2D eigenvalue weighted by Crippen LogP contribution is 2.13. The van der Waals surface area contributed by atoms with Gasteiger partial charge in [0.25, 0.3) is 0 Å². The number of carboxylic acids is 4. The molecule has 26 heavy (non-hydrogen) atoms. The van der Waals surface area contributed by atoms with E-state index in [4.69, 9.17) is 15.3 Å². The highest BCUT2D eigenvalue weighted by molar-refractivity contribution is 5.87. The molecule has 1 amide bonds. The Morgan fingerprint density at radius 2 is 1.58 bits per heavy atom. The molecule has 13 nitrogen and oxygen atoms in total. The van der Waals surface area contributed by atoms with E-state index in [9.17, 15) is 29.1 Å². The average Bonchev–Trinajstić information content (AvgIpc) is 2.53. The van der Waals surface area contributed by atoms with Crippen LogP contribution in [0.4, 0.5) is 0 Å². The van der Waals surface area contributed by atoms with E-state index < -0.39 is 48.4 Å². The molecule has 13 heteroatoms. The molecule has 1 aliphatic rings. The molecule has 1 aliphatic heterocycles. The molecule has 0 aromatic carbocycles. The van der Waals surface area contributed by atoms with E-state index in [2.05, 4.69) is 10.7 Å². The van der Waals surface area contributed by atoms with Crippen LogP contribution in [0.3, 0.4) is 0 Å². The van der Waals surface area contributed by atoms with Gasteiger partial charge in [-0.25, -0.2) is 15.2 Å². The lowest BCUT2D eigenvalue weighted by atomic mass is 10.0. The first-order valence-electron chi connectivity index (χ1n) is 7.49. The first-order chi connectivity index (χ1) is 12.1. The molecule has 2 atom stereocenters. The fourth-order valence-corrected chi connectivity index (χ4v) is 2.42.